The summed E-state index contributed by atoms with van der Waals surface area (Å²) in [4.78, 5) is 34.5. The van der Waals surface area contributed by atoms with Gasteiger partial charge in [-0.3, -0.25) is 14.6 Å². The van der Waals surface area contributed by atoms with Crippen LogP contribution in [-0.2, 0) is 22.4 Å². The summed E-state index contributed by atoms with van der Waals surface area (Å²) < 4.78 is 5.35. The second-order valence-corrected chi connectivity index (χ2v) is 8.34. The minimum atomic E-state index is -0.187. The lowest BCUT2D eigenvalue weighted by atomic mass is 10.1. The number of carbonyl (C=O) groups is 1. The van der Waals surface area contributed by atoms with Gasteiger partial charge in [0, 0.05) is 48.7 Å². The predicted octanol–water partition coefficient (Wildman–Crippen LogP) is 3.14. The van der Waals surface area contributed by atoms with Gasteiger partial charge in [-0.2, -0.15) is 0 Å². The first-order valence-electron chi connectivity index (χ1n) is 11.7. The molecule has 1 aliphatic rings. The highest BCUT2D eigenvalue weighted by Crippen LogP contribution is 2.15. The van der Waals surface area contributed by atoms with Crippen LogP contribution in [0.5, 0.6) is 0 Å². The van der Waals surface area contributed by atoms with Crippen LogP contribution in [0.25, 0.3) is 0 Å². The molecule has 0 atom stereocenters. The molecule has 3 aromatic rings. The highest BCUT2D eigenvalue weighted by atomic mass is 16.5. The average Bonchev–Trinajstić information content (AvgIpc) is 2.86. The number of H-pyrrole nitrogens is 1. The molecule has 0 bridgehead atoms. The van der Waals surface area contributed by atoms with E-state index in [0.29, 0.717) is 49.9 Å². The molecule has 0 spiro atoms. The number of aryl methyl sites for hydroxylation is 1. The Morgan fingerprint density at radius 2 is 1.74 bits per heavy atom. The molecular weight excluding hydrogens is 430 g/mol. The number of aromatic amines is 1. The Morgan fingerprint density at radius 1 is 1.03 bits per heavy atom. The molecule has 178 valence electrons. The number of hydrogen-bond acceptors (Lipinski definition) is 6. The molecule has 8 nitrogen and oxygen atoms in total. The van der Waals surface area contributed by atoms with E-state index in [9.17, 15) is 9.59 Å². The number of nitrogens with one attached hydrogen (secondary N) is 3. The second kappa shape index (κ2) is 11.5. The number of aromatic nitrogens is 2. The van der Waals surface area contributed by atoms with Crippen LogP contribution in [0.15, 0.2) is 59.4 Å². The Kier molecular flexibility index (Phi) is 7.93. The van der Waals surface area contributed by atoms with Gasteiger partial charge in [-0.1, -0.05) is 30.3 Å². The van der Waals surface area contributed by atoms with Crippen molar-refractivity contribution in [3.63, 3.8) is 0 Å². The summed E-state index contributed by atoms with van der Waals surface area (Å²) in [6, 6.07) is 18.0. The van der Waals surface area contributed by atoms with Crippen LogP contribution in [-0.4, -0.2) is 48.7 Å². The molecule has 34 heavy (non-hydrogen) atoms. The van der Waals surface area contributed by atoms with Crippen LogP contribution < -0.4 is 21.1 Å². The van der Waals surface area contributed by atoms with Gasteiger partial charge < -0.3 is 20.3 Å². The molecule has 0 radical (unpaired) electrons. The Balaban J connectivity index is 1.25. The van der Waals surface area contributed by atoms with E-state index < -0.39 is 0 Å². The van der Waals surface area contributed by atoms with Gasteiger partial charge in [0.05, 0.1) is 13.2 Å². The Labute approximate surface area is 199 Å². The third-order valence-corrected chi connectivity index (χ3v) is 5.88. The molecule has 1 fully saturated rings. The molecule has 0 unspecified atom stereocenters. The van der Waals surface area contributed by atoms with Crippen molar-refractivity contribution in [1.29, 1.82) is 0 Å². The van der Waals surface area contributed by atoms with Crippen LogP contribution in [0.2, 0.25) is 0 Å². The first kappa shape index (κ1) is 23.5. The minimum Gasteiger partial charge on any atom is -0.385 e. The minimum absolute atomic E-state index is 0.138. The highest BCUT2D eigenvalue weighted by Gasteiger charge is 2.16. The average molecular weight is 462 g/mol. The van der Waals surface area contributed by atoms with Crippen LogP contribution >= 0.6 is 0 Å². The number of carbonyl (C=O) groups excluding carboxylic acids is 1. The van der Waals surface area contributed by atoms with Gasteiger partial charge in [-0.25, -0.2) is 4.98 Å². The molecule has 1 aliphatic heterocycles. The van der Waals surface area contributed by atoms with Crippen molar-refractivity contribution in [3.05, 3.63) is 81.8 Å². The molecular formula is C26H31N5O3. The summed E-state index contributed by atoms with van der Waals surface area (Å²) in [5, 5.41) is 6.29. The number of morpholine rings is 1. The molecule has 3 N–H and O–H groups in total. The van der Waals surface area contributed by atoms with Crippen molar-refractivity contribution in [2.24, 2.45) is 0 Å². The summed E-state index contributed by atoms with van der Waals surface area (Å²) in [6.07, 6.45) is 1.49. The van der Waals surface area contributed by atoms with Gasteiger partial charge in [0.15, 0.2) is 0 Å². The summed E-state index contributed by atoms with van der Waals surface area (Å²) in [5.41, 5.74) is 4.04. The molecule has 1 amide bonds. The number of anilines is 3. The number of rotatable bonds is 9. The monoisotopic (exact) mass is 461 g/mol. The van der Waals surface area contributed by atoms with Gasteiger partial charge in [-0.05, 0) is 49.6 Å². The van der Waals surface area contributed by atoms with Gasteiger partial charge in [0.2, 0.25) is 11.9 Å². The summed E-state index contributed by atoms with van der Waals surface area (Å²) in [5.74, 6) is 0.428. The summed E-state index contributed by atoms with van der Waals surface area (Å²) in [6.45, 7) is 5.29. The molecule has 1 saturated heterocycles. The van der Waals surface area contributed by atoms with Crippen molar-refractivity contribution in [2.75, 3.05) is 48.4 Å². The van der Waals surface area contributed by atoms with Crippen LogP contribution in [0, 0.1) is 6.92 Å². The maximum absolute atomic E-state index is 12.6. The molecule has 4 rings (SSSR count). The topological polar surface area (TPSA) is 99.4 Å². The van der Waals surface area contributed by atoms with E-state index in [2.05, 4.69) is 32.7 Å². The number of amides is 1. The zero-order valence-corrected chi connectivity index (χ0v) is 19.5. The van der Waals surface area contributed by atoms with Crippen LogP contribution in [0.3, 0.4) is 0 Å². The second-order valence-electron chi connectivity index (χ2n) is 8.34. The maximum atomic E-state index is 12.6. The molecule has 1 aromatic heterocycles. The van der Waals surface area contributed by atoms with Crippen molar-refractivity contribution in [3.8, 4) is 0 Å². The molecule has 0 saturated carbocycles. The predicted molar refractivity (Wildman–Crippen MR) is 135 cm³/mol. The fraction of sp³-hybridized carbons (Fsp3) is 0.346. The van der Waals surface area contributed by atoms with E-state index in [-0.39, 0.29) is 17.9 Å². The molecule has 0 aliphatic carbocycles. The SMILES string of the molecule is Cc1nc(N2CCOCC2)[nH]c(=O)c1CCC(=O)Nc1ccc(NCCc2ccccc2)cc1. The van der Waals surface area contributed by atoms with E-state index >= 15 is 0 Å². The van der Waals surface area contributed by atoms with Crippen molar-refractivity contribution >= 4 is 23.2 Å². The smallest absolute Gasteiger partial charge is 0.255 e. The third kappa shape index (κ3) is 6.45. The van der Waals surface area contributed by atoms with E-state index in [1.807, 2.05) is 54.3 Å². The molecule has 2 aromatic carbocycles. The quantitative estimate of drug-likeness (QED) is 0.453. The van der Waals surface area contributed by atoms with Gasteiger partial charge in [0.1, 0.15) is 0 Å². The van der Waals surface area contributed by atoms with Crippen molar-refractivity contribution < 1.29 is 9.53 Å². The molecule has 8 heteroatoms. The fourth-order valence-corrected chi connectivity index (χ4v) is 3.94. The Bertz CT molecular complexity index is 1140. The fourth-order valence-electron chi connectivity index (χ4n) is 3.94. The zero-order chi connectivity index (χ0) is 23.8. The molecule has 2 heterocycles. The first-order valence-corrected chi connectivity index (χ1v) is 11.7. The number of hydrogen-bond donors (Lipinski definition) is 3. The largest absolute Gasteiger partial charge is 0.385 e. The lowest BCUT2D eigenvalue weighted by molar-refractivity contribution is -0.116. The van der Waals surface area contributed by atoms with Gasteiger partial charge in [-0.15, -0.1) is 0 Å². The number of ether oxygens (including phenoxy) is 1. The van der Waals surface area contributed by atoms with E-state index in [1.165, 1.54) is 5.56 Å². The Morgan fingerprint density at radius 3 is 2.44 bits per heavy atom. The van der Waals surface area contributed by atoms with E-state index in [4.69, 9.17) is 4.74 Å². The number of benzene rings is 2. The van der Waals surface area contributed by atoms with Crippen LogP contribution in [0.4, 0.5) is 17.3 Å². The zero-order valence-electron chi connectivity index (χ0n) is 19.5. The Hall–Kier alpha value is -3.65. The summed E-state index contributed by atoms with van der Waals surface area (Å²) >= 11 is 0. The van der Waals surface area contributed by atoms with Crippen LogP contribution in [0.1, 0.15) is 23.2 Å². The van der Waals surface area contributed by atoms with Crippen molar-refractivity contribution in [2.45, 2.75) is 26.2 Å². The van der Waals surface area contributed by atoms with Gasteiger partial charge >= 0.3 is 0 Å². The highest BCUT2D eigenvalue weighted by molar-refractivity contribution is 5.91. The van der Waals surface area contributed by atoms with E-state index in [0.717, 1.165) is 24.3 Å². The first-order chi connectivity index (χ1) is 16.6. The number of nitrogens with zero attached hydrogens (tertiary/aromatic N) is 2. The third-order valence-electron chi connectivity index (χ3n) is 5.88. The normalized spacial score (nSPS) is 13.5. The lowest BCUT2D eigenvalue weighted by Gasteiger charge is -2.27. The lowest BCUT2D eigenvalue weighted by Crippen LogP contribution is -2.38. The summed E-state index contributed by atoms with van der Waals surface area (Å²) in [7, 11) is 0. The van der Waals surface area contributed by atoms with Gasteiger partial charge in [0.25, 0.3) is 5.56 Å². The standard InChI is InChI=1S/C26H31N5O3/c1-19-23(25(33)30-26(28-19)31-15-17-34-18-16-31)11-12-24(32)29-22-9-7-21(8-10-22)27-14-13-20-5-3-2-4-6-20/h2-10,27H,11-18H2,1H3,(H,29,32)(H,28,30,33). The van der Waals surface area contributed by atoms with E-state index in [1.54, 1.807) is 0 Å². The maximum Gasteiger partial charge on any atom is 0.255 e. The van der Waals surface area contributed by atoms with Crippen molar-refractivity contribution in [1.82, 2.24) is 9.97 Å².